The summed E-state index contributed by atoms with van der Waals surface area (Å²) in [7, 11) is 0. The van der Waals surface area contributed by atoms with Gasteiger partial charge in [-0.15, -0.1) is 0 Å². The summed E-state index contributed by atoms with van der Waals surface area (Å²) in [6.07, 6.45) is 8.84. The van der Waals surface area contributed by atoms with Gasteiger partial charge in [-0.2, -0.15) is 0 Å². The number of hydrogen-bond donors (Lipinski definition) is 0. The van der Waals surface area contributed by atoms with Crippen LogP contribution in [0.15, 0.2) is 0 Å². The van der Waals surface area contributed by atoms with Crippen molar-refractivity contribution < 1.29 is 14.3 Å². The van der Waals surface area contributed by atoms with Gasteiger partial charge in [-0.3, -0.25) is 4.79 Å². The smallest absolute Gasteiger partial charge is 0.309 e. The molecule has 4 aliphatic rings. The van der Waals surface area contributed by atoms with Gasteiger partial charge in [-0.25, -0.2) is 0 Å². The summed E-state index contributed by atoms with van der Waals surface area (Å²) >= 11 is 0. The molecule has 1 heterocycles. The van der Waals surface area contributed by atoms with Crippen LogP contribution in [0.3, 0.4) is 0 Å². The number of ether oxygens (including phenoxy) is 2. The highest BCUT2D eigenvalue weighted by molar-refractivity contribution is 5.72. The second-order valence-electron chi connectivity index (χ2n) is 8.99. The third kappa shape index (κ3) is 2.15. The quantitative estimate of drug-likeness (QED) is 0.583. The highest BCUT2D eigenvalue weighted by Crippen LogP contribution is 2.68. The van der Waals surface area contributed by atoms with Gasteiger partial charge in [0.2, 0.25) is 0 Å². The molecule has 0 spiro atoms. The normalized spacial score (nSPS) is 48.0. The van der Waals surface area contributed by atoms with Gasteiger partial charge >= 0.3 is 5.97 Å². The number of hydrogen-bond acceptors (Lipinski definition) is 3. The molecule has 0 radical (unpaired) electrons. The zero-order valence-electron chi connectivity index (χ0n) is 14.3. The number of carbonyl (C=O) groups excluding carboxylic acids is 1. The minimum absolute atomic E-state index is 0.0292. The molecule has 0 aromatic carbocycles. The van der Waals surface area contributed by atoms with Gasteiger partial charge in [0.05, 0.1) is 24.7 Å². The molecule has 0 aromatic heterocycles. The Hall–Kier alpha value is -0.570. The number of esters is 1. The van der Waals surface area contributed by atoms with Crippen molar-refractivity contribution in [3.05, 3.63) is 0 Å². The second-order valence-corrected chi connectivity index (χ2v) is 8.99. The first-order chi connectivity index (χ1) is 10.4. The van der Waals surface area contributed by atoms with Crippen LogP contribution in [0, 0.1) is 28.6 Å². The molecule has 1 aliphatic heterocycles. The topological polar surface area (TPSA) is 38.8 Å². The number of carbonyl (C=O) groups is 1. The van der Waals surface area contributed by atoms with E-state index in [1.807, 2.05) is 0 Å². The second kappa shape index (κ2) is 4.96. The lowest BCUT2D eigenvalue weighted by molar-refractivity contribution is -0.150. The van der Waals surface area contributed by atoms with Crippen molar-refractivity contribution in [2.24, 2.45) is 28.6 Å². The zero-order chi connectivity index (χ0) is 15.5. The van der Waals surface area contributed by atoms with Gasteiger partial charge in [0, 0.05) is 0 Å². The molecule has 1 saturated heterocycles. The van der Waals surface area contributed by atoms with E-state index in [1.165, 1.54) is 19.3 Å². The fourth-order valence-corrected chi connectivity index (χ4v) is 5.84. The molecule has 6 atom stereocenters. The monoisotopic (exact) mass is 306 g/mol. The fourth-order valence-electron chi connectivity index (χ4n) is 5.84. The molecule has 0 aromatic rings. The van der Waals surface area contributed by atoms with Crippen LogP contribution in [0.5, 0.6) is 0 Å². The first kappa shape index (κ1) is 15.0. The van der Waals surface area contributed by atoms with E-state index < -0.39 is 0 Å². The number of rotatable bonds is 4. The standard InChI is InChI=1S/C19H30O3/c1-18(2)13-6-8-19(18,3)14(11-13)7-9-21-17(20)12-4-5-15-16(10-12)22-15/h12-16H,4-11H2,1-3H3. The summed E-state index contributed by atoms with van der Waals surface area (Å²) in [6.45, 7) is 7.99. The van der Waals surface area contributed by atoms with Crippen LogP contribution in [0.2, 0.25) is 0 Å². The molecule has 2 bridgehead atoms. The average Bonchev–Trinajstić information content (AvgIpc) is 3.19. The van der Waals surface area contributed by atoms with E-state index >= 15 is 0 Å². The Balaban J connectivity index is 1.26. The molecule has 3 aliphatic carbocycles. The van der Waals surface area contributed by atoms with Crippen molar-refractivity contribution >= 4 is 5.97 Å². The van der Waals surface area contributed by atoms with Gasteiger partial charge < -0.3 is 9.47 Å². The molecule has 4 rings (SSSR count). The maximum Gasteiger partial charge on any atom is 0.309 e. The van der Waals surface area contributed by atoms with E-state index in [1.54, 1.807) is 0 Å². The minimum Gasteiger partial charge on any atom is -0.465 e. The lowest BCUT2D eigenvalue weighted by Crippen LogP contribution is -2.33. The van der Waals surface area contributed by atoms with Crippen molar-refractivity contribution in [1.29, 1.82) is 0 Å². The highest BCUT2D eigenvalue weighted by atomic mass is 16.6. The van der Waals surface area contributed by atoms with Crippen molar-refractivity contribution in [3.63, 3.8) is 0 Å². The molecule has 3 saturated carbocycles. The summed E-state index contributed by atoms with van der Waals surface area (Å²) in [5.74, 6) is 1.73. The summed E-state index contributed by atoms with van der Waals surface area (Å²) in [4.78, 5) is 12.2. The minimum atomic E-state index is 0.0292. The lowest BCUT2D eigenvalue weighted by Gasteiger charge is -2.39. The Morgan fingerprint density at radius 3 is 2.59 bits per heavy atom. The average molecular weight is 306 g/mol. The summed E-state index contributed by atoms with van der Waals surface area (Å²) in [6, 6.07) is 0. The molecular formula is C19H30O3. The van der Waals surface area contributed by atoms with E-state index in [0.29, 0.717) is 29.6 Å². The Labute approximate surface area is 134 Å². The van der Waals surface area contributed by atoms with Crippen LogP contribution in [0.1, 0.15) is 65.7 Å². The largest absolute Gasteiger partial charge is 0.465 e. The van der Waals surface area contributed by atoms with Crippen molar-refractivity contribution in [1.82, 2.24) is 0 Å². The molecule has 3 nitrogen and oxygen atoms in total. The van der Waals surface area contributed by atoms with Crippen LogP contribution in [0.4, 0.5) is 0 Å². The van der Waals surface area contributed by atoms with Crippen molar-refractivity contribution in [2.75, 3.05) is 6.61 Å². The van der Waals surface area contributed by atoms with Crippen molar-refractivity contribution in [2.45, 2.75) is 77.9 Å². The summed E-state index contributed by atoms with van der Waals surface area (Å²) in [5.41, 5.74) is 0.910. The van der Waals surface area contributed by atoms with E-state index in [0.717, 1.165) is 37.5 Å². The van der Waals surface area contributed by atoms with Gasteiger partial charge in [0.15, 0.2) is 0 Å². The Morgan fingerprint density at radius 2 is 1.95 bits per heavy atom. The third-order valence-electron chi connectivity index (χ3n) is 8.02. The third-order valence-corrected chi connectivity index (χ3v) is 8.02. The molecule has 0 amide bonds. The first-order valence-electron chi connectivity index (χ1n) is 9.24. The molecule has 4 fully saturated rings. The van der Waals surface area contributed by atoms with Crippen LogP contribution >= 0.6 is 0 Å². The highest BCUT2D eigenvalue weighted by Gasteiger charge is 2.60. The van der Waals surface area contributed by atoms with Gasteiger partial charge in [0.1, 0.15) is 0 Å². The molecule has 0 N–H and O–H groups in total. The first-order valence-corrected chi connectivity index (χ1v) is 9.24. The van der Waals surface area contributed by atoms with Crippen LogP contribution in [-0.2, 0) is 14.3 Å². The molecular weight excluding hydrogens is 276 g/mol. The van der Waals surface area contributed by atoms with E-state index in [-0.39, 0.29) is 11.9 Å². The fraction of sp³-hybridized carbons (Fsp3) is 0.947. The number of fused-ring (bicyclic) bond motifs is 3. The van der Waals surface area contributed by atoms with E-state index in [4.69, 9.17) is 9.47 Å². The van der Waals surface area contributed by atoms with Crippen LogP contribution in [-0.4, -0.2) is 24.8 Å². The molecule has 124 valence electrons. The number of epoxide rings is 1. The Kier molecular flexibility index (Phi) is 3.38. The van der Waals surface area contributed by atoms with Crippen LogP contribution in [0.25, 0.3) is 0 Å². The van der Waals surface area contributed by atoms with E-state index in [9.17, 15) is 4.79 Å². The zero-order valence-corrected chi connectivity index (χ0v) is 14.3. The van der Waals surface area contributed by atoms with Crippen molar-refractivity contribution in [3.8, 4) is 0 Å². The summed E-state index contributed by atoms with van der Waals surface area (Å²) in [5, 5.41) is 0. The Bertz CT molecular complexity index is 471. The molecule has 6 unspecified atom stereocenters. The SMILES string of the molecule is CC1(C)C2CCC1(C)C(CCOC(=O)C1CCC3OC3C1)C2. The van der Waals surface area contributed by atoms with Crippen LogP contribution < -0.4 is 0 Å². The maximum absolute atomic E-state index is 12.2. The summed E-state index contributed by atoms with van der Waals surface area (Å²) < 4.78 is 11.1. The maximum atomic E-state index is 12.2. The van der Waals surface area contributed by atoms with E-state index in [2.05, 4.69) is 20.8 Å². The molecule has 3 heteroatoms. The predicted octanol–water partition coefficient (Wildman–Crippen LogP) is 3.95. The Morgan fingerprint density at radius 1 is 1.14 bits per heavy atom. The van der Waals surface area contributed by atoms with Gasteiger partial charge in [-0.05, 0) is 67.6 Å². The molecule has 22 heavy (non-hydrogen) atoms. The van der Waals surface area contributed by atoms with Gasteiger partial charge in [-0.1, -0.05) is 20.8 Å². The van der Waals surface area contributed by atoms with Gasteiger partial charge in [0.25, 0.3) is 0 Å². The lowest BCUT2D eigenvalue weighted by atomic mass is 9.66. The predicted molar refractivity (Wildman–Crippen MR) is 84.3 cm³/mol.